The quantitative estimate of drug-likeness (QED) is 0.642. The topological polar surface area (TPSA) is 0 Å². The molecule has 0 N–H and O–H groups in total. The van der Waals surface area contributed by atoms with E-state index in [2.05, 4.69) is 38.5 Å². The maximum atomic E-state index is 2.48. The monoisotopic (exact) mass is 264 g/mol. The lowest BCUT2D eigenvalue weighted by Crippen LogP contribution is -2.40. The van der Waals surface area contributed by atoms with E-state index in [0.29, 0.717) is 0 Å². The van der Waals surface area contributed by atoms with Gasteiger partial charge in [0.15, 0.2) is 0 Å². The van der Waals surface area contributed by atoms with Crippen molar-refractivity contribution in [3.8, 4) is 0 Å². The lowest BCUT2D eigenvalue weighted by molar-refractivity contribution is -0.867. The predicted molar refractivity (Wildman–Crippen MR) is 82.4 cm³/mol. The molecule has 2 heterocycles. The van der Waals surface area contributed by atoms with Crippen molar-refractivity contribution in [3.05, 3.63) is 24.6 Å². The normalized spacial score (nSPS) is 25.8. The molecule has 2 aliphatic heterocycles. The van der Waals surface area contributed by atoms with Crippen LogP contribution in [0.2, 0.25) is 0 Å². The number of hydrogen-bond donors (Lipinski definition) is 0. The van der Waals surface area contributed by atoms with Crippen molar-refractivity contribution in [2.75, 3.05) is 39.8 Å². The third-order valence-corrected chi connectivity index (χ3v) is 4.91. The van der Waals surface area contributed by atoms with Gasteiger partial charge < -0.3 is 0 Å². The van der Waals surface area contributed by atoms with Crippen molar-refractivity contribution < 1.29 is 8.97 Å². The molecule has 2 rings (SSSR count). The van der Waals surface area contributed by atoms with E-state index in [-0.39, 0.29) is 0 Å². The van der Waals surface area contributed by atoms with Crippen molar-refractivity contribution in [3.63, 3.8) is 0 Å². The smallest absolute Gasteiger partial charge is 0.0918 e. The van der Waals surface area contributed by atoms with E-state index in [0.717, 1.165) is 0 Å². The summed E-state index contributed by atoms with van der Waals surface area (Å²) in [4.78, 5) is 0. The second kappa shape index (κ2) is 6.71. The van der Waals surface area contributed by atoms with Gasteiger partial charge in [0.05, 0.1) is 52.2 Å². The summed E-state index contributed by atoms with van der Waals surface area (Å²) in [5.74, 6) is 0. The van der Waals surface area contributed by atoms with Crippen LogP contribution in [0.1, 0.15) is 45.4 Å². The zero-order chi connectivity index (χ0) is 13.6. The molecular weight excluding hydrogens is 232 g/mol. The Morgan fingerprint density at radius 1 is 0.842 bits per heavy atom. The standard InChI is InChI=1S/C17H32N2/c1-3-4-14-19(16-9-10-17-19)15-8-7-13-18(2)11-5-6-12-18/h4,7,13-14H,3,5-6,8-12,15-17H2,1-2H3/q+2/b13-7+,14-4+. The zero-order valence-electron chi connectivity index (χ0n) is 13.0. The van der Waals surface area contributed by atoms with Crippen molar-refractivity contribution in [2.45, 2.75) is 45.4 Å². The fourth-order valence-electron chi connectivity index (χ4n) is 3.61. The van der Waals surface area contributed by atoms with E-state index in [9.17, 15) is 0 Å². The van der Waals surface area contributed by atoms with E-state index in [1.165, 1.54) is 80.2 Å². The summed E-state index contributed by atoms with van der Waals surface area (Å²) in [6, 6.07) is 0. The molecule has 108 valence electrons. The van der Waals surface area contributed by atoms with Gasteiger partial charge in [0.25, 0.3) is 0 Å². The molecule has 2 fully saturated rings. The van der Waals surface area contributed by atoms with E-state index in [1.54, 1.807) is 0 Å². The van der Waals surface area contributed by atoms with Gasteiger partial charge in [-0.2, -0.15) is 0 Å². The van der Waals surface area contributed by atoms with Crippen LogP contribution in [0.15, 0.2) is 24.6 Å². The number of rotatable bonds is 6. The van der Waals surface area contributed by atoms with Gasteiger partial charge in [0.1, 0.15) is 0 Å². The molecule has 0 aromatic rings. The van der Waals surface area contributed by atoms with Crippen LogP contribution in [0.5, 0.6) is 0 Å². The van der Waals surface area contributed by atoms with Crippen molar-refractivity contribution in [2.24, 2.45) is 0 Å². The summed E-state index contributed by atoms with van der Waals surface area (Å²) in [6.07, 6.45) is 17.8. The second-order valence-corrected chi connectivity index (χ2v) is 6.70. The van der Waals surface area contributed by atoms with Gasteiger partial charge in [-0.15, -0.1) is 0 Å². The Hall–Kier alpha value is -0.600. The summed E-state index contributed by atoms with van der Waals surface area (Å²) in [7, 11) is 2.38. The Bertz CT molecular complexity index is 318. The molecule has 0 bridgehead atoms. The second-order valence-electron chi connectivity index (χ2n) is 6.70. The highest BCUT2D eigenvalue weighted by molar-refractivity contribution is 4.80. The van der Waals surface area contributed by atoms with Crippen LogP contribution in [0.3, 0.4) is 0 Å². The number of nitrogens with zero attached hydrogens (tertiary/aromatic N) is 2. The summed E-state index contributed by atoms with van der Waals surface area (Å²) in [6.45, 7) is 8.93. The third kappa shape index (κ3) is 4.19. The highest BCUT2D eigenvalue weighted by atomic mass is 15.4. The number of quaternary nitrogens is 2. The molecule has 0 unspecified atom stereocenters. The predicted octanol–water partition coefficient (Wildman–Crippen LogP) is 3.66. The summed E-state index contributed by atoms with van der Waals surface area (Å²) < 4.78 is 2.41. The fourth-order valence-corrected chi connectivity index (χ4v) is 3.61. The molecule has 0 amide bonds. The first kappa shape index (κ1) is 14.8. The van der Waals surface area contributed by atoms with Crippen molar-refractivity contribution in [1.82, 2.24) is 0 Å². The molecule has 0 aromatic carbocycles. The minimum Gasteiger partial charge on any atom is -0.300 e. The van der Waals surface area contributed by atoms with E-state index in [4.69, 9.17) is 0 Å². The van der Waals surface area contributed by atoms with Crippen LogP contribution in [-0.2, 0) is 0 Å². The first-order chi connectivity index (χ1) is 9.18. The largest absolute Gasteiger partial charge is 0.300 e. The Balaban J connectivity index is 1.82. The molecule has 2 heteroatoms. The molecule has 0 radical (unpaired) electrons. The van der Waals surface area contributed by atoms with Gasteiger partial charge in [-0.3, -0.25) is 8.97 Å². The molecule has 0 aromatic heterocycles. The van der Waals surface area contributed by atoms with Crippen molar-refractivity contribution >= 4 is 0 Å². The maximum Gasteiger partial charge on any atom is 0.0918 e. The molecule has 0 saturated carbocycles. The van der Waals surface area contributed by atoms with Crippen LogP contribution >= 0.6 is 0 Å². The van der Waals surface area contributed by atoms with E-state index in [1.807, 2.05) is 0 Å². The van der Waals surface area contributed by atoms with Crippen LogP contribution in [0.25, 0.3) is 0 Å². The molecule has 2 aliphatic rings. The van der Waals surface area contributed by atoms with Gasteiger partial charge in [-0.05, 0) is 18.6 Å². The lowest BCUT2D eigenvalue weighted by atomic mass is 10.3. The van der Waals surface area contributed by atoms with Gasteiger partial charge >= 0.3 is 0 Å². The Kier molecular flexibility index (Phi) is 5.23. The minimum absolute atomic E-state index is 1.17. The van der Waals surface area contributed by atoms with Crippen LogP contribution in [0, 0.1) is 0 Å². The Morgan fingerprint density at radius 3 is 2.11 bits per heavy atom. The highest BCUT2D eigenvalue weighted by Gasteiger charge is 2.29. The Labute approximate surface area is 119 Å². The summed E-state index contributed by atoms with van der Waals surface area (Å²) in [5, 5.41) is 0. The van der Waals surface area contributed by atoms with E-state index < -0.39 is 0 Å². The molecule has 2 saturated heterocycles. The molecule has 0 atom stereocenters. The van der Waals surface area contributed by atoms with Gasteiger partial charge in [0.2, 0.25) is 0 Å². The number of likely N-dealkylation sites (tertiary alicyclic amines) is 2. The van der Waals surface area contributed by atoms with Gasteiger partial charge in [-0.25, -0.2) is 0 Å². The summed E-state index contributed by atoms with van der Waals surface area (Å²) >= 11 is 0. The fraction of sp³-hybridized carbons (Fsp3) is 0.765. The minimum atomic E-state index is 1.17. The van der Waals surface area contributed by atoms with Gasteiger partial charge in [0, 0.05) is 32.1 Å². The molecule has 0 aliphatic carbocycles. The Morgan fingerprint density at radius 2 is 1.47 bits per heavy atom. The van der Waals surface area contributed by atoms with E-state index >= 15 is 0 Å². The number of allylic oxidation sites excluding steroid dienone is 1. The first-order valence-corrected chi connectivity index (χ1v) is 8.24. The maximum absolute atomic E-state index is 2.48. The summed E-state index contributed by atoms with van der Waals surface area (Å²) in [5.41, 5.74) is 0. The van der Waals surface area contributed by atoms with Crippen LogP contribution in [0.4, 0.5) is 0 Å². The van der Waals surface area contributed by atoms with Crippen LogP contribution in [-0.4, -0.2) is 48.7 Å². The molecule has 2 nitrogen and oxygen atoms in total. The van der Waals surface area contributed by atoms with Gasteiger partial charge in [-0.1, -0.05) is 6.92 Å². The SMILES string of the molecule is CC/C=C/[N+]1(CC/C=C/[N+]2(C)CCCC2)CCCC1. The highest BCUT2D eigenvalue weighted by Crippen LogP contribution is 2.22. The molecule has 0 spiro atoms. The van der Waals surface area contributed by atoms with Crippen LogP contribution < -0.4 is 0 Å². The third-order valence-electron chi connectivity index (χ3n) is 4.91. The average molecular weight is 264 g/mol. The molecule has 19 heavy (non-hydrogen) atoms. The number of hydrogen-bond acceptors (Lipinski definition) is 0. The lowest BCUT2D eigenvalue weighted by Gasteiger charge is -2.29. The first-order valence-electron chi connectivity index (χ1n) is 8.24. The zero-order valence-corrected chi connectivity index (χ0v) is 13.0. The van der Waals surface area contributed by atoms with Crippen molar-refractivity contribution in [1.29, 1.82) is 0 Å². The average Bonchev–Trinajstić information content (AvgIpc) is 3.03. The molecular formula is C17H32N2+2.